The second-order valence-corrected chi connectivity index (χ2v) is 8.28. The second-order valence-electron chi connectivity index (χ2n) is 7.87. The van der Waals surface area contributed by atoms with E-state index in [0.29, 0.717) is 36.2 Å². The smallest absolute Gasteiger partial charge is 0.253 e. The summed E-state index contributed by atoms with van der Waals surface area (Å²) < 4.78 is 8.23. The summed E-state index contributed by atoms with van der Waals surface area (Å²) in [5.74, 6) is 1.83. The topological polar surface area (TPSA) is 56.1 Å². The molecule has 1 amide bonds. The van der Waals surface area contributed by atoms with Crippen LogP contribution in [0.5, 0.6) is 5.75 Å². The third-order valence-electron chi connectivity index (χ3n) is 5.37. The molecule has 0 saturated heterocycles. The Morgan fingerprint density at radius 3 is 2.56 bits per heavy atom. The van der Waals surface area contributed by atoms with Crippen LogP contribution in [-0.4, -0.2) is 22.1 Å². The summed E-state index contributed by atoms with van der Waals surface area (Å²) in [6.07, 6.45) is 0. The number of halogens is 1. The van der Waals surface area contributed by atoms with Gasteiger partial charge in [0.15, 0.2) is 0 Å². The predicted octanol–water partition coefficient (Wildman–Crippen LogP) is 5.82. The molecule has 6 heteroatoms. The molecular weight excluding hydrogens is 422 g/mol. The first-order valence-electron chi connectivity index (χ1n) is 10.7. The molecule has 0 unspecified atom stereocenters. The molecule has 4 rings (SSSR count). The number of amides is 1. The molecule has 164 valence electrons. The minimum absolute atomic E-state index is 0.226. The van der Waals surface area contributed by atoms with Crippen LogP contribution in [0.2, 0.25) is 5.02 Å². The highest BCUT2D eigenvalue weighted by atomic mass is 35.5. The molecule has 3 aromatic carbocycles. The number of carbonyl (C=O) groups excluding carboxylic acids is 1. The average molecular weight is 448 g/mol. The third kappa shape index (κ3) is 4.78. The number of imidazole rings is 1. The average Bonchev–Trinajstić information content (AvgIpc) is 3.15. The molecule has 0 aliphatic carbocycles. The van der Waals surface area contributed by atoms with Gasteiger partial charge in [0.05, 0.1) is 34.7 Å². The SMILES string of the molecule is CC(C)c1ccccc1OCCn1c(CNC(=O)c2ccccc2Cl)nc2ccccc21. The van der Waals surface area contributed by atoms with Gasteiger partial charge in [0.25, 0.3) is 5.91 Å². The number of nitrogens with one attached hydrogen (secondary N) is 1. The summed E-state index contributed by atoms with van der Waals surface area (Å²) >= 11 is 6.16. The van der Waals surface area contributed by atoms with E-state index < -0.39 is 0 Å². The minimum Gasteiger partial charge on any atom is -0.491 e. The van der Waals surface area contributed by atoms with E-state index in [-0.39, 0.29) is 5.91 Å². The summed E-state index contributed by atoms with van der Waals surface area (Å²) in [6.45, 7) is 5.72. The molecule has 5 nitrogen and oxygen atoms in total. The molecule has 0 saturated carbocycles. The minimum atomic E-state index is -0.226. The lowest BCUT2D eigenvalue weighted by Gasteiger charge is -2.15. The molecule has 1 N–H and O–H groups in total. The van der Waals surface area contributed by atoms with E-state index in [0.717, 1.165) is 22.6 Å². The fourth-order valence-electron chi connectivity index (χ4n) is 3.75. The van der Waals surface area contributed by atoms with Crippen molar-refractivity contribution in [3.63, 3.8) is 0 Å². The van der Waals surface area contributed by atoms with Gasteiger partial charge < -0.3 is 14.6 Å². The fourth-order valence-corrected chi connectivity index (χ4v) is 3.97. The fraction of sp³-hybridized carbons (Fsp3) is 0.231. The zero-order chi connectivity index (χ0) is 22.5. The van der Waals surface area contributed by atoms with Gasteiger partial charge in [-0.2, -0.15) is 0 Å². The van der Waals surface area contributed by atoms with Crippen LogP contribution in [0.15, 0.2) is 72.8 Å². The van der Waals surface area contributed by atoms with Crippen LogP contribution in [0.4, 0.5) is 0 Å². The summed E-state index contributed by atoms with van der Waals surface area (Å²) in [6, 6.07) is 23.1. The van der Waals surface area contributed by atoms with Crippen LogP contribution in [0, 0.1) is 0 Å². The van der Waals surface area contributed by atoms with Crippen molar-refractivity contribution in [2.75, 3.05) is 6.61 Å². The van der Waals surface area contributed by atoms with Crippen LogP contribution in [0.1, 0.15) is 41.5 Å². The van der Waals surface area contributed by atoms with Crippen LogP contribution < -0.4 is 10.1 Å². The number of rotatable bonds is 8. The van der Waals surface area contributed by atoms with E-state index in [2.05, 4.69) is 29.8 Å². The van der Waals surface area contributed by atoms with Gasteiger partial charge in [0.2, 0.25) is 0 Å². The molecule has 1 heterocycles. The monoisotopic (exact) mass is 447 g/mol. The molecule has 0 atom stereocenters. The Morgan fingerprint density at radius 1 is 1.03 bits per heavy atom. The highest BCUT2D eigenvalue weighted by Gasteiger charge is 2.14. The molecule has 0 bridgehead atoms. The van der Waals surface area contributed by atoms with Crippen molar-refractivity contribution in [2.45, 2.75) is 32.9 Å². The predicted molar refractivity (Wildman–Crippen MR) is 128 cm³/mol. The van der Waals surface area contributed by atoms with Gasteiger partial charge >= 0.3 is 0 Å². The van der Waals surface area contributed by atoms with Gasteiger partial charge in [-0.1, -0.05) is 67.9 Å². The second kappa shape index (κ2) is 9.88. The molecule has 32 heavy (non-hydrogen) atoms. The number of fused-ring (bicyclic) bond motifs is 1. The molecule has 0 radical (unpaired) electrons. The number of benzene rings is 3. The van der Waals surface area contributed by atoms with Gasteiger partial charge in [-0.15, -0.1) is 0 Å². The van der Waals surface area contributed by atoms with Crippen molar-refractivity contribution in [3.8, 4) is 5.75 Å². The van der Waals surface area contributed by atoms with E-state index in [1.54, 1.807) is 24.3 Å². The lowest BCUT2D eigenvalue weighted by molar-refractivity contribution is 0.0949. The Kier molecular flexibility index (Phi) is 6.76. The van der Waals surface area contributed by atoms with Gasteiger partial charge in [0.1, 0.15) is 18.2 Å². The van der Waals surface area contributed by atoms with E-state index in [4.69, 9.17) is 21.3 Å². The Morgan fingerprint density at radius 2 is 1.75 bits per heavy atom. The molecule has 1 aromatic heterocycles. The number of ether oxygens (including phenoxy) is 1. The Hall–Kier alpha value is -3.31. The van der Waals surface area contributed by atoms with Crippen LogP contribution in [0.25, 0.3) is 11.0 Å². The summed E-state index contributed by atoms with van der Waals surface area (Å²) in [5.41, 5.74) is 3.54. The lowest BCUT2D eigenvalue weighted by Crippen LogP contribution is -2.25. The van der Waals surface area contributed by atoms with E-state index in [9.17, 15) is 4.79 Å². The number of carbonyl (C=O) groups is 1. The normalized spacial score (nSPS) is 11.1. The first kappa shape index (κ1) is 21.9. The van der Waals surface area contributed by atoms with Crippen molar-refractivity contribution < 1.29 is 9.53 Å². The van der Waals surface area contributed by atoms with Crippen molar-refractivity contribution >= 4 is 28.5 Å². The van der Waals surface area contributed by atoms with Gasteiger partial charge in [-0.05, 0) is 41.8 Å². The van der Waals surface area contributed by atoms with E-state index in [1.165, 1.54) is 5.56 Å². The maximum absolute atomic E-state index is 12.6. The van der Waals surface area contributed by atoms with Crippen LogP contribution in [-0.2, 0) is 13.1 Å². The van der Waals surface area contributed by atoms with Crippen LogP contribution in [0.3, 0.4) is 0 Å². The summed E-state index contributed by atoms with van der Waals surface area (Å²) in [4.78, 5) is 17.3. The summed E-state index contributed by atoms with van der Waals surface area (Å²) in [7, 11) is 0. The first-order valence-corrected chi connectivity index (χ1v) is 11.1. The lowest BCUT2D eigenvalue weighted by atomic mass is 10.0. The van der Waals surface area contributed by atoms with Crippen molar-refractivity contribution in [2.24, 2.45) is 0 Å². The Labute approximate surface area is 193 Å². The molecule has 0 spiro atoms. The van der Waals surface area contributed by atoms with E-state index >= 15 is 0 Å². The standard InChI is InChI=1S/C26H26ClN3O2/c1-18(2)19-9-4-8-14-24(19)32-16-15-30-23-13-7-6-12-22(23)29-25(30)17-28-26(31)20-10-3-5-11-21(20)27/h3-14,18H,15-17H2,1-2H3,(H,28,31). The van der Waals surface area contributed by atoms with E-state index in [1.807, 2.05) is 42.5 Å². The maximum Gasteiger partial charge on any atom is 0.253 e. The molecule has 0 aliphatic rings. The summed E-state index contributed by atoms with van der Waals surface area (Å²) in [5, 5.41) is 3.37. The number of para-hydroxylation sites is 3. The third-order valence-corrected chi connectivity index (χ3v) is 5.70. The molecule has 4 aromatic rings. The zero-order valence-corrected chi connectivity index (χ0v) is 19.0. The highest BCUT2D eigenvalue weighted by molar-refractivity contribution is 6.33. The number of hydrogen-bond acceptors (Lipinski definition) is 3. The molecular formula is C26H26ClN3O2. The van der Waals surface area contributed by atoms with Gasteiger partial charge in [-0.3, -0.25) is 4.79 Å². The van der Waals surface area contributed by atoms with Crippen LogP contribution >= 0.6 is 11.6 Å². The molecule has 0 aliphatic heterocycles. The zero-order valence-electron chi connectivity index (χ0n) is 18.2. The molecule has 0 fully saturated rings. The largest absolute Gasteiger partial charge is 0.491 e. The van der Waals surface area contributed by atoms with Gasteiger partial charge in [0, 0.05) is 0 Å². The number of hydrogen-bond donors (Lipinski definition) is 1. The first-order chi connectivity index (χ1) is 15.5. The Balaban J connectivity index is 1.51. The van der Waals surface area contributed by atoms with Crippen molar-refractivity contribution in [1.82, 2.24) is 14.9 Å². The quantitative estimate of drug-likeness (QED) is 0.370. The van der Waals surface area contributed by atoms with Crippen molar-refractivity contribution in [1.29, 1.82) is 0 Å². The number of nitrogens with zero attached hydrogens (tertiary/aromatic N) is 2. The maximum atomic E-state index is 12.6. The van der Waals surface area contributed by atoms with Gasteiger partial charge in [-0.25, -0.2) is 4.98 Å². The van der Waals surface area contributed by atoms with Crippen molar-refractivity contribution in [3.05, 3.63) is 94.8 Å². The Bertz CT molecular complexity index is 1230. The highest BCUT2D eigenvalue weighted by Crippen LogP contribution is 2.26. The number of aromatic nitrogens is 2.